The van der Waals surface area contributed by atoms with E-state index >= 15 is 0 Å². The monoisotopic (exact) mass is 319 g/mol. The lowest BCUT2D eigenvalue weighted by Gasteiger charge is -2.44. The second-order valence-electron chi connectivity index (χ2n) is 7.25. The standard InChI is InChI=1S/C17H25N3O3/c1-17(2)11-12(22)7-8-19(17)16(23)15-13-5-3-4-6-14(13)20(18-15)9-10-21/h10,12,22H,3-9,11H2,1-2H3. The topological polar surface area (TPSA) is 75.4 Å². The van der Waals surface area contributed by atoms with Crippen molar-refractivity contribution in [2.45, 2.75) is 70.6 Å². The van der Waals surface area contributed by atoms with E-state index in [0.717, 1.165) is 43.2 Å². The van der Waals surface area contributed by atoms with Gasteiger partial charge in [0.05, 0.1) is 12.6 Å². The molecular formula is C17H25N3O3. The summed E-state index contributed by atoms with van der Waals surface area (Å²) in [4.78, 5) is 25.8. The van der Waals surface area contributed by atoms with Crippen molar-refractivity contribution in [3.63, 3.8) is 0 Å². The van der Waals surface area contributed by atoms with Crippen molar-refractivity contribution in [3.8, 4) is 0 Å². The number of aliphatic hydroxyl groups excluding tert-OH is 1. The lowest BCUT2D eigenvalue weighted by atomic mass is 9.87. The van der Waals surface area contributed by atoms with E-state index in [0.29, 0.717) is 25.1 Å². The third kappa shape index (κ3) is 2.92. The summed E-state index contributed by atoms with van der Waals surface area (Å²) >= 11 is 0. The van der Waals surface area contributed by atoms with Gasteiger partial charge in [-0.2, -0.15) is 5.10 Å². The Labute approximate surface area is 136 Å². The summed E-state index contributed by atoms with van der Waals surface area (Å²) in [5.74, 6) is -0.0651. The number of aromatic nitrogens is 2. The zero-order chi connectivity index (χ0) is 16.6. The molecule has 0 aromatic carbocycles. The molecular weight excluding hydrogens is 294 g/mol. The van der Waals surface area contributed by atoms with E-state index in [9.17, 15) is 14.7 Å². The van der Waals surface area contributed by atoms with Gasteiger partial charge < -0.3 is 14.8 Å². The van der Waals surface area contributed by atoms with E-state index in [-0.39, 0.29) is 24.1 Å². The molecule has 1 N–H and O–H groups in total. The maximum atomic E-state index is 13.1. The Morgan fingerprint density at radius 1 is 1.39 bits per heavy atom. The Hall–Kier alpha value is -1.69. The molecule has 1 amide bonds. The zero-order valence-corrected chi connectivity index (χ0v) is 13.9. The van der Waals surface area contributed by atoms with Crippen LogP contribution in [0.4, 0.5) is 0 Å². The number of aldehydes is 1. The lowest BCUT2D eigenvalue weighted by Crippen LogP contribution is -2.54. The first kappa shape index (κ1) is 16.2. The summed E-state index contributed by atoms with van der Waals surface area (Å²) in [6, 6.07) is 0. The third-order valence-corrected chi connectivity index (χ3v) is 5.10. The molecule has 1 fully saturated rings. The summed E-state index contributed by atoms with van der Waals surface area (Å²) in [7, 11) is 0. The molecule has 1 unspecified atom stereocenters. The van der Waals surface area contributed by atoms with Gasteiger partial charge in [-0.3, -0.25) is 9.48 Å². The molecule has 1 aliphatic carbocycles. The van der Waals surface area contributed by atoms with Gasteiger partial charge in [-0.15, -0.1) is 0 Å². The van der Waals surface area contributed by atoms with Crippen LogP contribution in [0.1, 0.15) is 61.3 Å². The summed E-state index contributed by atoms with van der Waals surface area (Å²) in [5.41, 5.74) is 2.18. The van der Waals surface area contributed by atoms with E-state index in [1.165, 1.54) is 0 Å². The Balaban J connectivity index is 1.94. The first-order valence-electron chi connectivity index (χ1n) is 8.46. The number of carbonyl (C=O) groups is 2. The number of likely N-dealkylation sites (tertiary alicyclic amines) is 1. The molecule has 2 heterocycles. The number of rotatable bonds is 3. The molecule has 2 aliphatic rings. The quantitative estimate of drug-likeness (QED) is 0.853. The second kappa shape index (κ2) is 6.07. The number of piperidine rings is 1. The predicted octanol–water partition coefficient (Wildman–Crippen LogP) is 1.34. The van der Waals surface area contributed by atoms with E-state index in [1.807, 2.05) is 18.7 Å². The molecule has 1 aliphatic heterocycles. The van der Waals surface area contributed by atoms with Crippen LogP contribution < -0.4 is 0 Å². The minimum Gasteiger partial charge on any atom is -0.393 e. The molecule has 0 spiro atoms. The normalized spacial score (nSPS) is 23.4. The van der Waals surface area contributed by atoms with Crippen molar-refractivity contribution < 1.29 is 14.7 Å². The molecule has 3 rings (SSSR count). The molecule has 1 aromatic heterocycles. The highest BCUT2D eigenvalue weighted by Crippen LogP contribution is 2.31. The van der Waals surface area contributed by atoms with Gasteiger partial charge in [0, 0.05) is 23.3 Å². The fraction of sp³-hybridized carbons (Fsp3) is 0.706. The van der Waals surface area contributed by atoms with Crippen LogP contribution in [0.25, 0.3) is 0 Å². The highest BCUT2D eigenvalue weighted by molar-refractivity contribution is 5.94. The van der Waals surface area contributed by atoms with Crippen molar-refractivity contribution >= 4 is 12.2 Å². The van der Waals surface area contributed by atoms with Crippen molar-refractivity contribution in [1.29, 1.82) is 0 Å². The van der Waals surface area contributed by atoms with Crippen LogP contribution in [0.5, 0.6) is 0 Å². The van der Waals surface area contributed by atoms with Crippen molar-refractivity contribution in [3.05, 3.63) is 17.0 Å². The molecule has 6 heteroatoms. The SMILES string of the molecule is CC1(C)CC(O)CCN1C(=O)c1nn(CC=O)c2c1CCCC2. The van der Waals surface area contributed by atoms with E-state index in [2.05, 4.69) is 5.10 Å². The Kier molecular flexibility index (Phi) is 4.27. The van der Waals surface area contributed by atoms with Crippen LogP contribution >= 0.6 is 0 Å². The Morgan fingerprint density at radius 3 is 2.83 bits per heavy atom. The number of amides is 1. The van der Waals surface area contributed by atoms with E-state index in [1.54, 1.807) is 4.68 Å². The smallest absolute Gasteiger partial charge is 0.275 e. The molecule has 1 saturated heterocycles. The van der Waals surface area contributed by atoms with Gasteiger partial charge in [0.1, 0.15) is 6.29 Å². The molecule has 0 saturated carbocycles. The highest BCUT2D eigenvalue weighted by atomic mass is 16.3. The van der Waals surface area contributed by atoms with Crippen LogP contribution in [0.2, 0.25) is 0 Å². The summed E-state index contributed by atoms with van der Waals surface area (Å²) in [6.45, 7) is 4.73. The maximum absolute atomic E-state index is 13.1. The van der Waals surface area contributed by atoms with Gasteiger partial charge in [0.15, 0.2) is 5.69 Å². The van der Waals surface area contributed by atoms with E-state index in [4.69, 9.17) is 0 Å². The molecule has 0 bridgehead atoms. The number of nitrogens with zero attached hydrogens (tertiary/aromatic N) is 3. The molecule has 1 aromatic rings. The van der Waals surface area contributed by atoms with Gasteiger partial charge in [0.2, 0.25) is 0 Å². The molecule has 23 heavy (non-hydrogen) atoms. The van der Waals surface area contributed by atoms with Crippen LogP contribution in [-0.2, 0) is 24.2 Å². The van der Waals surface area contributed by atoms with Gasteiger partial charge in [-0.1, -0.05) is 0 Å². The fourth-order valence-electron chi connectivity index (χ4n) is 3.94. The van der Waals surface area contributed by atoms with Crippen LogP contribution in [-0.4, -0.2) is 50.2 Å². The summed E-state index contributed by atoms with van der Waals surface area (Å²) in [5, 5.41) is 14.4. The number of hydrogen-bond donors (Lipinski definition) is 1. The molecule has 0 radical (unpaired) electrons. The second-order valence-corrected chi connectivity index (χ2v) is 7.25. The minimum atomic E-state index is -0.384. The summed E-state index contributed by atoms with van der Waals surface area (Å²) < 4.78 is 1.69. The first-order chi connectivity index (χ1) is 10.9. The van der Waals surface area contributed by atoms with Crippen LogP contribution in [0.15, 0.2) is 0 Å². The largest absolute Gasteiger partial charge is 0.393 e. The lowest BCUT2D eigenvalue weighted by molar-refractivity contribution is -0.108. The van der Waals surface area contributed by atoms with Crippen LogP contribution in [0, 0.1) is 0 Å². The van der Waals surface area contributed by atoms with Gasteiger partial charge in [-0.05, 0) is 52.4 Å². The van der Waals surface area contributed by atoms with Gasteiger partial charge >= 0.3 is 0 Å². The van der Waals surface area contributed by atoms with Crippen LogP contribution in [0.3, 0.4) is 0 Å². The third-order valence-electron chi connectivity index (χ3n) is 5.10. The van der Waals surface area contributed by atoms with Gasteiger partial charge in [-0.25, -0.2) is 0 Å². The fourth-order valence-corrected chi connectivity index (χ4v) is 3.94. The summed E-state index contributed by atoms with van der Waals surface area (Å²) in [6.07, 6.45) is 5.53. The number of hydrogen-bond acceptors (Lipinski definition) is 4. The number of carbonyl (C=O) groups excluding carboxylic acids is 2. The molecule has 1 atom stereocenters. The molecule has 126 valence electrons. The van der Waals surface area contributed by atoms with Crippen molar-refractivity contribution in [2.24, 2.45) is 0 Å². The van der Waals surface area contributed by atoms with E-state index < -0.39 is 0 Å². The van der Waals surface area contributed by atoms with Crippen molar-refractivity contribution in [2.75, 3.05) is 6.54 Å². The predicted molar refractivity (Wildman–Crippen MR) is 85.3 cm³/mol. The molecule has 6 nitrogen and oxygen atoms in total. The average molecular weight is 319 g/mol. The minimum absolute atomic E-state index is 0.0651. The number of aliphatic hydroxyl groups is 1. The maximum Gasteiger partial charge on any atom is 0.275 e. The zero-order valence-electron chi connectivity index (χ0n) is 13.9. The first-order valence-corrected chi connectivity index (χ1v) is 8.46. The highest BCUT2D eigenvalue weighted by Gasteiger charge is 2.39. The average Bonchev–Trinajstić information content (AvgIpc) is 2.85. The number of fused-ring (bicyclic) bond motifs is 1. The Morgan fingerprint density at radius 2 is 2.13 bits per heavy atom. The van der Waals surface area contributed by atoms with Crippen molar-refractivity contribution in [1.82, 2.24) is 14.7 Å². The van der Waals surface area contributed by atoms with Gasteiger partial charge in [0.25, 0.3) is 5.91 Å². The Bertz CT molecular complexity index is 621.